The molecule has 6 heteroatoms. The second-order valence-corrected chi connectivity index (χ2v) is 4.37. The summed E-state index contributed by atoms with van der Waals surface area (Å²) in [5.41, 5.74) is 1.01. The number of nitrogens with zero attached hydrogens (tertiary/aromatic N) is 3. The van der Waals surface area contributed by atoms with E-state index in [-0.39, 0.29) is 0 Å². The molecule has 0 amide bonds. The van der Waals surface area contributed by atoms with Crippen molar-refractivity contribution in [2.45, 2.75) is 6.54 Å². The van der Waals surface area contributed by atoms with Gasteiger partial charge in [0, 0.05) is 24.0 Å². The molecule has 0 bridgehead atoms. The summed E-state index contributed by atoms with van der Waals surface area (Å²) in [6.07, 6.45) is 5.03. The van der Waals surface area contributed by atoms with Gasteiger partial charge in [-0.15, -0.1) is 0 Å². The molecule has 0 atom stereocenters. The first-order valence-corrected chi connectivity index (χ1v) is 6.11. The smallest absolute Gasteiger partial charge is 0.296 e. The highest BCUT2D eigenvalue weighted by molar-refractivity contribution is 5.30. The van der Waals surface area contributed by atoms with E-state index in [4.69, 9.17) is 0 Å². The van der Waals surface area contributed by atoms with Crippen molar-refractivity contribution in [2.75, 3.05) is 0 Å². The van der Waals surface area contributed by atoms with Crippen molar-refractivity contribution in [3.8, 4) is 5.69 Å². The molecule has 3 aromatic rings. The molecule has 2 heterocycles. The van der Waals surface area contributed by atoms with Crippen LogP contribution in [0.3, 0.4) is 0 Å². The Morgan fingerprint density at radius 3 is 2.65 bits per heavy atom. The van der Waals surface area contributed by atoms with Crippen molar-refractivity contribution >= 4 is 0 Å². The first kappa shape index (κ1) is 12.2. The van der Waals surface area contributed by atoms with Crippen molar-refractivity contribution in [3.63, 3.8) is 0 Å². The minimum absolute atomic E-state index is 0.364. The molecule has 1 N–H and O–H groups in total. The summed E-state index contributed by atoms with van der Waals surface area (Å²) in [7, 11) is 0. The second kappa shape index (κ2) is 5.00. The van der Waals surface area contributed by atoms with Gasteiger partial charge in [0.05, 0.1) is 18.4 Å². The number of rotatable bonds is 3. The standard InChI is InChI=1S/C14H12N4O2/c19-13-6-7-17(14(20)16-13)9-11-8-15-18(10-11)12-4-2-1-3-5-12/h1-8,10H,9H2,(H,16,19,20). The third kappa shape index (κ3) is 2.44. The summed E-state index contributed by atoms with van der Waals surface area (Å²) >= 11 is 0. The second-order valence-electron chi connectivity index (χ2n) is 4.37. The molecule has 0 radical (unpaired) electrons. The Kier molecular flexibility index (Phi) is 3.04. The van der Waals surface area contributed by atoms with Crippen molar-refractivity contribution < 1.29 is 0 Å². The lowest BCUT2D eigenvalue weighted by molar-refractivity contribution is 0.720. The molecule has 0 fully saturated rings. The van der Waals surface area contributed by atoms with Crippen molar-refractivity contribution in [1.29, 1.82) is 0 Å². The maximum Gasteiger partial charge on any atom is 0.328 e. The minimum atomic E-state index is -0.426. The quantitative estimate of drug-likeness (QED) is 0.762. The third-order valence-corrected chi connectivity index (χ3v) is 2.91. The van der Waals surface area contributed by atoms with Crippen LogP contribution >= 0.6 is 0 Å². The van der Waals surface area contributed by atoms with Gasteiger partial charge in [0.25, 0.3) is 5.56 Å². The van der Waals surface area contributed by atoms with Crippen LogP contribution in [0.25, 0.3) is 5.69 Å². The number of aromatic nitrogens is 4. The van der Waals surface area contributed by atoms with Crippen LogP contribution in [0.15, 0.2) is 64.6 Å². The Bertz CT molecular complexity index is 830. The molecule has 0 aliphatic carbocycles. The van der Waals surface area contributed by atoms with Gasteiger partial charge >= 0.3 is 5.69 Å². The lowest BCUT2D eigenvalue weighted by Gasteiger charge is -2.01. The molecule has 0 unspecified atom stereocenters. The molecule has 2 aromatic heterocycles. The van der Waals surface area contributed by atoms with Crippen LogP contribution in [0.5, 0.6) is 0 Å². The monoisotopic (exact) mass is 268 g/mol. The van der Waals surface area contributed by atoms with Gasteiger partial charge in [-0.25, -0.2) is 9.48 Å². The predicted molar refractivity (Wildman–Crippen MR) is 74.0 cm³/mol. The Morgan fingerprint density at radius 1 is 1.10 bits per heavy atom. The first-order valence-electron chi connectivity index (χ1n) is 6.11. The van der Waals surface area contributed by atoms with Gasteiger partial charge in [-0.3, -0.25) is 14.3 Å². The summed E-state index contributed by atoms with van der Waals surface area (Å²) in [4.78, 5) is 24.8. The highest BCUT2D eigenvalue weighted by Crippen LogP contribution is 2.07. The van der Waals surface area contributed by atoms with Crippen molar-refractivity contribution in [2.24, 2.45) is 0 Å². The molecular weight excluding hydrogens is 256 g/mol. The number of hydrogen-bond donors (Lipinski definition) is 1. The molecule has 6 nitrogen and oxygen atoms in total. The maximum absolute atomic E-state index is 11.6. The SMILES string of the molecule is O=c1ccn(Cc2cnn(-c3ccccc3)c2)c(=O)[nH]1. The van der Waals surface area contributed by atoms with Crippen molar-refractivity contribution in [3.05, 3.63) is 81.4 Å². The van der Waals surface area contributed by atoms with Gasteiger partial charge in [-0.1, -0.05) is 18.2 Å². The molecule has 0 aliphatic heterocycles. The molecule has 0 spiro atoms. The van der Waals surface area contributed by atoms with Crippen LogP contribution in [0, 0.1) is 0 Å². The largest absolute Gasteiger partial charge is 0.328 e. The van der Waals surface area contributed by atoms with E-state index in [2.05, 4.69) is 10.1 Å². The van der Waals surface area contributed by atoms with E-state index in [1.54, 1.807) is 10.9 Å². The molecule has 0 saturated carbocycles. The van der Waals surface area contributed by atoms with Gasteiger partial charge in [0.2, 0.25) is 0 Å². The van der Waals surface area contributed by atoms with Crippen LogP contribution in [-0.4, -0.2) is 19.3 Å². The topological polar surface area (TPSA) is 72.7 Å². The lowest BCUT2D eigenvalue weighted by Crippen LogP contribution is -2.28. The normalized spacial score (nSPS) is 10.6. The zero-order valence-electron chi connectivity index (χ0n) is 10.6. The summed E-state index contributed by atoms with van der Waals surface area (Å²) in [6, 6.07) is 11.0. The van der Waals surface area contributed by atoms with Gasteiger partial charge in [-0.05, 0) is 12.1 Å². The number of nitrogens with one attached hydrogen (secondary N) is 1. The molecule has 1 aromatic carbocycles. The Labute approximate surface area is 113 Å². The van der Waals surface area contributed by atoms with Crippen LogP contribution in [0.1, 0.15) is 5.56 Å². The van der Waals surface area contributed by atoms with Gasteiger partial charge in [0.15, 0.2) is 0 Å². The van der Waals surface area contributed by atoms with E-state index in [1.807, 2.05) is 36.5 Å². The van der Waals surface area contributed by atoms with E-state index in [0.717, 1.165) is 11.3 Å². The summed E-state index contributed by atoms with van der Waals surface area (Å²) < 4.78 is 3.17. The van der Waals surface area contributed by atoms with Crippen LogP contribution in [-0.2, 0) is 6.54 Å². The average molecular weight is 268 g/mol. The minimum Gasteiger partial charge on any atom is -0.296 e. The van der Waals surface area contributed by atoms with E-state index in [1.165, 1.54) is 16.8 Å². The molecular formula is C14H12N4O2. The number of H-pyrrole nitrogens is 1. The van der Waals surface area contributed by atoms with Gasteiger partial charge in [0.1, 0.15) is 0 Å². The van der Waals surface area contributed by atoms with Crippen LogP contribution in [0.4, 0.5) is 0 Å². The fourth-order valence-electron chi connectivity index (χ4n) is 1.93. The fraction of sp³-hybridized carbons (Fsp3) is 0.0714. The van der Waals surface area contributed by atoms with Crippen LogP contribution < -0.4 is 11.2 Å². The summed E-state index contributed by atoms with van der Waals surface area (Å²) in [5, 5.41) is 4.26. The zero-order valence-corrected chi connectivity index (χ0v) is 10.6. The lowest BCUT2D eigenvalue weighted by atomic mass is 10.3. The molecule has 0 aliphatic rings. The zero-order chi connectivity index (χ0) is 13.9. The van der Waals surface area contributed by atoms with E-state index in [9.17, 15) is 9.59 Å². The molecule has 100 valence electrons. The first-order chi connectivity index (χ1) is 9.72. The summed E-state index contributed by atoms with van der Waals surface area (Å²) in [6.45, 7) is 0.364. The van der Waals surface area contributed by atoms with Gasteiger partial charge < -0.3 is 0 Å². The van der Waals surface area contributed by atoms with Gasteiger partial charge in [-0.2, -0.15) is 5.10 Å². The maximum atomic E-state index is 11.6. The van der Waals surface area contributed by atoms with E-state index < -0.39 is 11.2 Å². The number of para-hydroxylation sites is 1. The number of benzene rings is 1. The number of hydrogen-bond acceptors (Lipinski definition) is 3. The Hall–Kier alpha value is -2.89. The fourth-order valence-corrected chi connectivity index (χ4v) is 1.93. The molecule has 0 saturated heterocycles. The van der Waals surface area contributed by atoms with Crippen molar-refractivity contribution in [1.82, 2.24) is 19.3 Å². The third-order valence-electron chi connectivity index (χ3n) is 2.91. The Morgan fingerprint density at radius 2 is 1.90 bits per heavy atom. The molecule has 20 heavy (non-hydrogen) atoms. The van der Waals surface area contributed by atoms with E-state index >= 15 is 0 Å². The highest BCUT2D eigenvalue weighted by Gasteiger charge is 2.03. The van der Waals surface area contributed by atoms with E-state index in [0.29, 0.717) is 6.54 Å². The Balaban J connectivity index is 1.88. The number of aromatic amines is 1. The predicted octanol–water partition coefficient (Wildman–Crippen LogP) is 0.771. The molecule has 3 rings (SSSR count). The average Bonchev–Trinajstić information content (AvgIpc) is 2.92. The highest BCUT2D eigenvalue weighted by atomic mass is 16.2. The van der Waals surface area contributed by atoms with Crippen LogP contribution in [0.2, 0.25) is 0 Å². The summed E-state index contributed by atoms with van der Waals surface area (Å²) in [5.74, 6) is 0.